The molecule has 0 bridgehead atoms. The minimum Gasteiger partial charge on any atom is -0.346 e. The molecular formula is C16H17N7O2S. The number of aromatic nitrogens is 5. The van der Waals surface area contributed by atoms with Gasteiger partial charge in [-0.3, -0.25) is 9.58 Å². The molecule has 2 N–H and O–H groups in total. The van der Waals surface area contributed by atoms with E-state index in [9.17, 15) is 14.0 Å². The molecular weight excluding hydrogens is 354 g/mol. The van der Waals surface area contributed by atoms with Gasteiger partial charge in [-0.2, -0.15) is 10.4 Å². The molecule has 1 saturated heterocycles. The van der Waals surface area contributed by atoms with E-state index in [-0.39, 0.29) is 6.42 Å². The van der Waals surface area contributed by atoms with Crippen LogP contribution in [0.4, 0.5) is 0 Å². The van der Waals surface area contributed by atoms with Gasteiger partial charge >= 0.3 is 0 Å². The van der Waals surface area contributed by atoms with E-state index in [0.29, 0.717) is 13.1 Å². The average molecular weight is 371 g/mol. The molecule has 0 amide bonds. The third kappa shape index (κ3) is 2.61. The fraction of sp³-hybridized carbons (Fsp3) is 0.375. The van der Waals surface area contributed by atoms with Crippen LogP contribution >= 0.6 is 0 Å². The van der Waals surface area contributed by atoms with Crippen molar-refractivity contribution >= 4 is 22.1 Å². The van der Waals surface area contributed by atoms with E-state index in [4.69, 9.17) is 0 Å². The van der Waals surface area contributed by atoms with Crippen molar-refractivity contribution in [1.29, 1.82) is 5.26 Å². The average Bonchev–Trinajstić information content (AvgIpc) is 3.25. The van der Waals surface area contributed by atoms with Gasteiger partial charge in [0, 0.05) is 36.4 Å². The Balaban J connectivity index is 1.65. The minimum atomic E-state index is -1.93. The van der Waals surface area contributed by atoms with Crippen LogP contribution in [0.2, 0.25) is 0 Å². The number of H-pyrrole nitrogens is 1. The van der Waals surface area contributed by atoms with Crippen LogP contribution < -0.4 is 0 Å². The number of rotatable bonds is 5. The van der Waals surface area contributed by atoms with E-state index in [1.807, 2.05) is 23.4 Å². The Bertz CT molecular complexity index is 1010. The lowest BCUT2D eigenvalue weighted by molar-refractivity contribution is -0.00168. The second-order valence-electron chi connectivity index (χ2n) is 6.48. The predicted molar refractivity (Wildman–Crippen MR) is 95.1 cm³/mol. The first-order valence-corrected chi connectivity index (χ1v) is 9.25. The van der Waals surface area contributed by atoms with Crippen LogP contribution in [0.3, 0.4) is 0 Å². The Morgan fingerprint density at radius 1 is 1.50 bits per heavy atom. The zero-order valence-corrected chi connectivity index (χ0v) is 14.8. The number of hydrogen-bond acceptors (Lipinski definition) is 6. The van der Waals surface area contributed by atoms with Crippen LogP contribution in [0.25, 0.3) is 22.3 Å². The van der Waals surface area contributed by atoms with Crippen LogP contribution in [-0.2, 0) is 16.6 Å². The smallest absolute Gasteiger partial charge is 0.170 e. The van der Waals surface area contributed by atoms with Gasteiger partial charge in [0.25, 0.3) is 0 Å². The molecule has 0 aliphatic carbocycles. The number of aromatic amines is 1. The first kappa shape index (κ1) is 16.8. The lowest BCUT2D eigenvalue weighted by Gasteiger charge is -2.50. The maximum atomic E-state index is 11.3. The molecule has 3 aromatic heterocycles. The number of nitriles is 1. The van der Waals surface area contributed by atoms with Crippen LogP contribution in [0.1, 0.15) is 13.3 Å². The lowest BCUT2D eigenvalue weighted by Crippen LogP contribution is -2.65. The third-order valence-electron chi connectivity index (χ3n) is 4.90. The quantitative estimate of drug-likeness (QED) is 0.648. The molecule has 3 aromatic rings. The fourth-order valence-corrected chi connectivity index (χ4v) is 3.79. The summed E-state index contributed by atoms with van der Waals surface area (Å²) in [6.07, 6.45) is 7.19. The van der Waals surface area contributed by atoms with Gasteiger partial charge in [0.2, 0.25) is 0 Å². The highest BCUT2D eigenvalue weighted by Gasteiger charge is 2.48. The molecule has 2 unspecified atom stereocenters. The molecule has 1 aliphatic rings. The zero-order valence-electron chi connectivity index (χ0n) is 14.0. The molecule has 0 spiro atoms. The summed E-state index contributed by atoms with van der Waals surface area (Å²) in [6.45, 7) is 2.70. The Morgan fingerprint density at radius 2 is 2.31 bits per heavy atom. The predicted octanol–water partition coefficient (Wildman–Crippen LogP) is 1.31. The fourth-order valence-electron chi connectivity index (χ4n) is 3.39. The monoisotopic (exact) mass is 371 g/mol. The highest BCUT2D eigenvalue weighted by atomic mass is 32.2. The summed E-state index contributed by atoms with van der Waals surface area (Å²) in [5.74, 6) is 0. The van der Waals surface area contributed by atoms with Gasteiger partial charge < -0.3 is 9.54 Å². The van der Waals surface area contributed by atoms with E-state index in [1.54, 1.807) is 17.8 Å². The Hall–Kier alpha value is -2.61. The molecule has 0 radical (unpaired) electrons. The molecule has 0 aromatic carbocycles. The Labute approximate surface area is 152 Å². The van der Waals surface area contributed by atoms with Gasteiger partial charge in [0.15, 0.2) is 11.1 Å². The van der Waals surface area contributed by atoms with Gasteiger partial charge in [0.05, 0.1) is 24.4 Å². The van der Waals surface area contributed by atoms with Gasteiger partial charge in [0.1, 0.15) is 22.9 Å². The number of hydrogen-bond donors (Lipinski definition) is 2. The summed E-state index contributed by atoms with van der Waals surface area (Å²) in [5.41, 5.74) is 1.87. The van der Waals surface area contributed by atoms with Crippen molar-refractivity contribution in [1.82, 2.24) is 29.6 Å². The van der Waals surface area contributed by atoms with E-state index < -0.39 is 22.0 Å². The third-order valence-corrected chi connectivity index (χ3v) is 5.79. The van der Waals surface area contributed by atoms with Crippen LogP contribution in [0, 0.1) is 11.3 Å². The van der Waals surface area contributed by atoms with Crippen molar-refractivity contribution in [3.63, 3.8) is 0 Å². The maximum Gasteiger partial charge on any atom is 0.170 e. The molecule has 4 rings (SSSR count). The molecule has 10 heteroatoms. The van der Waals surface area contributed by atoms with Crippen molar-refractivity contribution in [3.8, 4) is 17.3 Å². The van der Waals surface area contributed by atoms with Gasteiger partial charge in [-0.05, 0) is 13.0 Å². The van der Waals surface area contributed by atoms with Crippen LogP contribution in [-0.4, -0.2) is 56.9 Å². The summed E-state index contributed by atoms with van der Waals surface area (Å²) in [7, 11) is 0. The van der Waals surface area contributed by atoms with Crippen molar-refractivity contribution < 1.29 is 8.76 Å². The highest BCUT2D eigenvalue weighted by molar-refractivity contribution is 7.79. The maximum absolute atomic E-state index is 11.3. The van der Waals surface area contributed by atoms with E-state index in [0.717, 1.165) is 22.3 Å². The summed E-state index contributed by atoms with van der Waals surface area (Å²) < 4.78 is 22.4. The lowest BCUT2D eigenvalue weighted by atomic mass is 9.87. The first-order chi connectivity index (χ1) is 12.5. The molecule has 134 valence electrons. The van der Waals surface area contributed by atoms with Gasteiger partial charge in [-0.1, -0.05) is 0 Å². The van der Waals surface area contributed by atoms with Crippen LogP contribution in [0.5, 0.6) is 0 Å². The highest BCUT2D eigenvalue weighted by Crippen LogP contribution is 2.35. The van der Waals surface area contributed by atoms with Crippen LogP contribution in [0.15, 0.2) is 31.0 Å². The topological polar surface area (TPSA) is 124 Å². The number of likely N-dealkylation sites (tertiary alicyclic amines) is 1. The molecule has 2 atom stereocenters. The minimum absolute atomic E-state index is 0.277. The molecule has 1 fully saturated rings. The molecule has 1 aliphatic heterocycles. The normalized spacial score (nSPS) is 19.0. The van der Waals surface area contributed by atoms with Crippen molar-refractivity contribution in [3.05, 3.63) is 31.0 Å². The number of nitrogens with zero attached hydrogens (tertiary/aromatic N) is 6. The zero-order chi connectivity index (χ0) is 18.3. The summed E-state index contributed by atoms with van der Waals surface area (Å²) in [4.78, 5) is 13.5. The number of fused-ring (bicyclic) bond motifs is 1. The second-order valence-corrected chi connectivity index (χ2v) is 7.71. The van der Waals surface area contributed by atoms with Crippen molar-refractivity contribution in [2.75, 3.05) is 13.1 Å². The molecule has 9 nitrogen and oxygen atoms in total. The van der Waals surface area contributed by atoms with E-state index >= 15 is 0 Å². The summed E-state index contributed by atoms with van der Waals surface area (Å²) in [5, 5.41) is 14.2. The number of nitrogens with one attached hydrogen (secondary N) is 1. The van der Waals surface area contributed by atoms with E-state index in [1.165, 1.54) is 6.33 Å². The first-order valence-electron chi connectivity index (χ1n) is 8.08. The largest absolute Gasteiger partial charge is 0.346 e. The summed E-state index contributed by atoms with van der Waals surface area (Å²) in [6, 6.07) is 4.13. The molecule has 26 heavy (non-hydrogen) atoms. The van der Waals surface area contributed by atoms with Crippen molar-refractivity contribution in [2.24, 2.45) is 0 Å². The molecule has 0 saturated carbocycles. The SMILES string of the molecule is CC(N1CC(CC#N)(n2cc(-c3ncnc4[nH]ccc34)cn2)C1)S(=O)O. The van der Waals surface area contributed by atoms with Crippen molar-refractivity contribution in [2.45, 2.75) is 24.3 Å². The standard InChI is InChI=1S/C16H17N7O2S/c1-11(26(24)25)22-8-16(9-22,3-4-17)23-7-12(6-21-23)14-13-2-5-18-15(13)20-10-19-14/h2,5-7,10-11H,3,8-9H2,1H3,(H,24,25)(H,18,19,20). The summed E-state index contributed by atoms with van der Waals surface area (Å²) >= 11 is -1.93. The van der Waals surface area contributed by atoms with Gasteiger partial charge in [-0.15, -0.1) is 0 Å². The Morgan fingerprint density at radius 3 is 3.04 bits per heavy atom. The van der Waals surface area contributed by atoms with E-state index in [2.05, 4.69) is 26.1 Å². The molecule has 4 heterocycles. The van der Waals surface area contributed by atoms with Gasteiger partial charge in [-0.25, -0.2) is 14.2 Å². The second kappa shape index (κ2) is 6.28. The Kier molecular flexibility index (Phi) is 4.07.